The maximum absolute atomic E-state index is 6.23. The van der Waals surface area contributed by atoms with Gasteiger partial charge in [0.2, 0.25) is 23.4 Å². The van der Waals surface area contributed by atoms with Gasteiger partial charge in [0.1, 0.15) is 60.1 Å². The van der Waals surface area contributed by atoms with E-state index >= 15 is 0 Å². The minimum absolute atomic E-state index is 0.0560. The summed E-state index contributed by atoms with van der Waals surface area (Å²) < 4.78 is 35.4. The van der Waals surface area contributed by atoms with Crippen molar-refractivity contribution < 1.29 is 13.8 Å². The molecule has 0 aliphatic carbocycles. The van der Waals surface area contributed by atoms with E-state index in [4.69, 9.17) is 60.2 Å². The normalized spacial score (nSPS) is 12.3. The Hall–Kier alpha value is -15.9. The summed E-state index contributed by atoms with van der Waals surface area (Å²) in [5.74, 6) is 21.8. The van der Waals surface area contributed by atoms with Crippen LogP contribution in [0.3, 0.4) is 0 Å². The number of halogens is 4. The fourth-order valence-corrected chi connectivity index (χ4v) is 16.2. The van der Waals surface area contributed by atoms with Crippen molar-refractivity contribution in [3.63, 3.8) is 0 Å². The molecule has 0 fully saturated rings. The lowest BCUT2D eigenvalue weighted by molar-refractivity contribution is 0.321. The number of hydrogen-bond acceptors (Lipinski definition) is 23. The van der Waals surface area contributed by atoms with Crippen molar-refractivity contribution in [1.29, 1.82) is 0 Å². The van der Waals surface area contributed by atoms with Gasteiger partial charge in [0, 0.05) is 91.8 Å². The van der Waals surface area contributed by atoms with E-state index in [9.17, 15) is 0 Å². The third kappa shape index (κ3) is 16.5. The Balaban J connectivity index is 0.000000103. The second-order valence-electron chi connectivity index (χ2n) is 34.4. The van der Waals surface area contributed by atoms with Crippen molar-refractivity contribution >= 4 is 46.4 Å². The number of imidazole rings is 5. The zero-order valence-corrected chi connectivity index (χ0v) is 75.8. The highest BCUT2D eigenvalue weighted by Gasteiger charge is 2.33. The minimum atomic E-state index is -0.228. The Morgan fingerprint density at radius 1 is 0.356 bits per heavy atom. The summed E-state index contributed by atoms with van der Waals surface area (Å²) in [6.45, 7) is 20.7. The van der Waals surface area contributed by atoms with Gasteiger partial charge in [-0.15, -0.1) is 25.5 Å². The van der Waals surface area contributed by atoms with Crippen molar-refractivity contribution in [3.8, 4) is 133 Å². The summed E-state index contributed by atoms with van der Waals surface area (Å²) in [7, 11) is 1.58. The molecule has 0 saturated heterocycles. The quantitative estimate of drug-likeness (QED) is 0.148. The number of fused-ring (bicyclic) bond motifs is 25. The van der Waals surface area contributed by atoms with E-state index in [0.717, 1.165) is 136 Å². The molecule has 6 aromatic carbocycles. The molecule has 0 spiro atoms. The van der Waals surface area contributed by atoms with E-state index in [1.807, 2.05) is 172 Å². The molecule has 18 heterocycles. The molecule has 0 saturated carbocycles. The Bertz CT molecular complexity index is 7710. The minimum Gasteiger partial charge on any atom is -0.481 e. The summed E-state index contributed by atoms with van der Waals surface area (Å²) in [4.78, 5) is 36.1. The van der Waals surface area contributed by atoms with Crippen LogP contribution < -0.4 is 4.74 Å². The van der Waals surface area contributed by atoms with Gasteiger partial charge in [0.15, 0.2) is 0 Å². The molecule has 19 aromatic rings. The molecule has 13 aromatic heterocycles. The Morgan fingerprint density at radius 2 is 0.720 bits per heavy atom. The summed E-state index contributed by atoms with van der Waals surface area (Å²) in [5, 5.41) is 52.4. The molecule has 0 amide bonds. The smallest absolute Gasteiger partial charge is 0.258 e. The predicted molar refractivity (Wildman–Crippen MR) is 491 cm³/mol. The van der Waals surface area contributed by atoms with Gasteiger partial charge in [-0.1, -0.05) is 146 Å². The van der Waals surface area contributed by atoms with E-state index < -0.39 is 0 Å². The molecule has 37 heteroatoms. The van der Waals surface area contributed by atoms with Crippen LogP contribution >= 0.6 is 46.4 Å². The molecule has 24 rings (SSSR count). The van der Waals surface area contributed by atoms with Gasteiger partial charge < -0.3 is 13.8 Å². The number of pyridine rings is 1. The van der Waals surface area contributed by atoms with E-state index in [-0.39, 0.29) is 16.2 Å². The van der Waals surface area contributed by atoms with Gasteiger partial charge in [-0.2, -0.15) is 9.97 Å². The highest BCUT2D eigenvalue weighted by molar-refractivity contribution is 6.32. The van der Waals surface area contributed by atoms with Crippen LogP contribution in [-0.2, 0) is 37.5 Å². The van der Waals surface area contributed by atoms with Crippen LogP contribution in [0, 0.1) is 53.3 Å². The lowest BCUT2D eigenvalue weighted by Crippen LogP contribution is -2.11. The number of nitrogens with zero attached hydrogens (tertiary/aromatic N) is 30. The van der Waals surface area contributed by atoms with E-state index in [1.165, 1.54) is 5.56 Å². The van der Waals surface area contributed by atoms with Crippen LogP contribution in [0.4, 0.5) is 0 Å². The molecule has 0 atom stereocenters. The van der Waals surface area contributed by atoms with Crippen LogP contribution in [0.5, 0.6) is 5.88 Å². The zero-order valence-electron chi connectivity index (χ0n) is 72.7. The summed E-state index contributed by atoms with van der Waals surface area (Å²) in [6, 6.07) is 42.3. The maximum Gasteiger partial charge on any atom is 0.258 e. The molecule has 0 radical (unpaired) electrons. The zero-order chi connectivity index (χ0) is 91.0. The van der Waals surface area contributed by atoms with Crippen LogP contribution in [0.15, 0.2) is 211 Å². The fraction of sp³-hybridized carbons (Fsp3) is 0.200. The van der Waals surface area contributed by atoms with Crippen molar-refractivity contribution in [3.05, 3.63) is 313 Å². The van der Waals surface area contributed by atoms with Crippen molar-refractivity contribution in [2.24, 2.45) is 10.8 Å². The Morgan fingerprint density at radius 3 is 1.10 bits per heavy atom. The lowest BCUT2D eigenvalue weighted by Gasteiger charge is -2.10. The highest BCUT2D eigenvalue weighted by atomic mass is 35.5. The van der Waals surface area contributed by atoms with Gasteiger partial charge >= 0.3 is 0 Å². The molecule has 0 unspecified atom stereocenters. The molecule has 652 valence electrons. The third-order valence-electron chi connectivity index (χ3n) is 21.8. The average Bonchev–Trinajstić information content (AvgIpc) is 1.63. The first kappa shape index (κ1) is 84.3. The van der Waals surface area contributed by atoms with Gasteiger partial charge in [0.05, 0.1) is 152 Å². The second kappa shape index (κ2) is 34.0. The highest BCUT2D eigenvalue weighted by Crippen LogP contribution is 2.40. The lowest BCUT2D eigenvalue weighted by atomic mass is 9.97. The van der Waals surface area contributed by atoms with Gasteiger partial charge in [-0.3, -0.25) is 22.8 Å². The molecule has 5 aliphatic heterocycles. The third-order valence-corrected chi connectivity index (χ3v) is 22.8. The van der Waals surface area contributed by atoms with Crippen LogP contribution in [0.1, 0.15) is 153 Å². The monoisotopic (exact) mass is 1820 g/mol. The van der Waals surface area contributed by atoms with Crippen LogP contribution in [-0.4, -0.2) is 155 Å². The Labute approximate surface area is 774 Å². The molecule has 0 bridgehead atoms. The van der Waals surface area contributed by atoms with E-state index in [2.05, 4.69) is 213 Å². The number of methoxy groups -OCH3 is 1. The van der Waals surface area contributed by atoms with E-state index in [0.29, 0.717) is 98.6 Å². The number of rotatable bonds is 4. The molecule has 0 N–H and O–H groups in total. The van der Waals surface area contributed by atoms with Gasteiger partial charge in [0.25, 0.3) is 5.89 Å². The van der Waals surface area contributed by atoms with Crippen molar-refractivity contribution in [1.82, 2.24) is 148 Å². The first-order valence-electron chi connectivity index (χ1n) is 41.7. The summed E-state index contributed by atoms with van der Waals surface area (Å²) in [5.41, 5.74) is 25.1. The van der Waals surface area contributed by atoms with Gasteiger partial charge in [-0.25, -0.2) is 53.3 Å². The number of aryl methyl sites for hydroxylation is 1. The Kier molecular flexibility index (Phi) is 21.7. The molecular formula is C95H76Cl4N30O3. The number of benzene rings is 6. The first-order valence-corrected chi connectivity index (χ1v) is 43.2. The fourth-order valence-electron chi connectivity index (χ4n) is 15.5. The average molecular weight is 1830 g/mol. The predicted octanol–water partition coefficient (Wildman–Crippen LogP) is 16.4. The molecular weight excluding hydrogens is 1750 g/mol. The largest absolute Gasteiger partial charge is 0.481 e. The SMILES string of the molecule is CC(C)(C)C#Cc1ncn2c1Cc1cnnn1-c1cc(Cl)ccc1-2.CC(C)(C)c1nc(-c2ncn3c2Cc2cnnn2-c2cc(Cl)ccc2-3)no1.COc1ccc(C#Cc2ncn3c2Cc2cnnn2-c2cc(Cl)ccc2-3)cn1.Cc1ccc2c(c1)-n1nncc1Cc1c(C#CC(C)(C)C)ncn1-2.Clc1ccc2c(c1)-n1nncc1Cc1c(-c3noc(-c4ccccc4)n3)ncn1-2. The maximum atomic E-state index is 6.23. The van der Waals surface area contributed by atoms with Crippen molar-refractivity contribution in [2.45, 2.75) is 107 Å². The van der Waals surface area contributed by atoms with Gasteiger partial charge in [-0.05, 0) is 175 Å². The number of hydrogen-bond donors (Lipinski definition) is 0. The summed E-state index contributed by atoms with van der Waals surface area (Å²) >= 11 is 24.9. The second-order valence-corrected chi connectivity index (χ2v) is 36.2. The first-order chi connectivity index (χ1) is 63.8. The van der Waals surface area contributed by atoms with E-state index in [1.54, 1.807) is 77.2 Å². The molecule has 5 aliphatic rings. The number of aromatic nitrogens is 30. The van der Waals surface area contributed by atoms with Crippen LogP contribution in [0.2, 0.25) is 20.1 Å². The summed E-state index contributed by atoms with van der Waals surface area (Å²) in [6.07, 6.45) is 22.6. The number of ether oxygens (including phenoxy) is 1. The topological polar surface area (TPSA) is 343 Å². The molecule has 132 heavy (non-hydrogen) atoms. The van der Waals surface area contributed by atoms with Crippen molar-refractivity contribution in [2.75, 3.05) is 7.11 Å². The van der Waals surface area contributed by atoms with Crippen LogP contribution in [0.25, 0.3) is 91.4 Å². The molecule has 33 nitrogen and oxygen atoms in total. The standard InChI is InChI=1S/C20H12ClN7O.C20H13ClN6O.C19H19N5.C18H16ClN7O.C18H16ClN5/c21-13-6-7-15-16(8-13)28-14(10-23-26-28)9-17-18(22-11-27(15)17)19-24-20(29-25-19)12-4-2-1-3-5-12;1-28-20-7-3-13(10-22-20)2-5-16-18-9-15-11-24-25-27(15)19-8-14(21)4-6-17(19)26(18)12-23-16;1-13-5-6-16-18(9-13)24-14(11-21-22-24)10-17-15(20-12-23(16)17)7-8-19(2,3)4;1-18(2,3)17-22-16(23-27-17)15-14-7-11-8-21-24-26(11)13-6-10(19)4-5-12(13)25(14)9-20-15;1-18(2,3)7-6-14-16-9-13-10-21-22-24(13)17-8-12(19)4-5-15(17)23(16)11-20-14/h1-8,10-11H,9H2;3-4,6-8,10-12H,9H2,1H3;5-6,9,11-12H,10H2,1-4H3;4-6,8-9H,7H2,1-3H3;4-5,8,10-11H,9H2,1-3H3.